The van der Waals surface area contributed by atoms with E-state index in [4.69, 9.17) is 4.74 Å². The van der Waals surface area contributed by atoms with E-state index in [1.807, 2.05) is 31.2 Å². The fourth-order valence-electron chi connectivity index (χ4n) is 2.22. The van der Waals surface area contributed by atoms with Gasteiger partial charge < -0.3 is 10.1 Å². The fourth-order valence-corrected chi connectivity index (χ4v) is 2.22. The molecule has 0 radical (unpaired) electrons. The Kier molecular flexibility index (Phi) is 5.89. The molecule has 1 N–H and O–H groups in total. The summed E-state index contributed by atoms with van der Waals surface area (Å²) in [6, 6.07) is 7.24. The van der Waals surface area contributed by atoms with Crippen molar-refractivity contribution in [3.8, 4) is 0 Å². The summed E-state index contributed by atoms with van der Waals surface area (Å²) >= 11 is 0. The lowest BCUT2D eigenvalue weighted by Gasteiger charge is -2.17. The zero-order valence-electron chi connectivity index (χ0n) is 14.0. The van der Waals surface area contributed by atoms with Crippen LogP contribution in [0.3, 0.4) is 0 Å². The van der Waals surface area contributed by atoms with E-state index in [-0.39, 0.29) is 18.3 Å². The molecular formula is C18H21N3O3. The number of rotatable bonds is 6. The lowest BCUT2D eigenvalue weighted by atomic mass is 10.0. The smallest absolute Gasteiger partial charge is 0.307 e. The Bertz CT molecular complexity index is 732. The van der Waals surface area contributed by atoms with Gasteiger partial charge in [-0.2, -0.15) is 5.10 Å². The maximum Gasteiger partial charge on any atom is 0.307 e. The van der Waals surface area contributed by atoms with Crippen molar-refractivity contribution in [3.63, 3.8) is 0 Å². The maximum atomic E-state index is 12.2. The second-order valence-electron chi connectivity index (χ2n) is 5.53. The van der Waals surface area contributed by atoms with Crippen LogP contribution in [0.5, 0.6) is 0 Å². The maximum absolute atomic E-state index is 12.2. The number of aromatic nitrogens is 2. The Morgan fingerprint density at radius 2 is 2.04 bits per heavy atom. The minimum atomic E-state index is -0.441. The number of hydrogen-bond acceptors (Lipinski definition) is 4. The molecule has 126 valence electrons. The Labute approximate surface area is 141 Å². The quantitative estimate of drug-likeness (QED) is 0.652. The highest BCUT2D eigenvalue weighted by Crippen LogP contribution is 2.18. The van der Waals surface area contributed by atoms with E-state index in [1.54, 1.807) is 30.2 Å². The molecule has 1 aromatic carbocycles. The number of hydrogen-bond donors (Lipinski definition) is 1. The third-order valence-electron chi connectivity index (χ3n) is 3.55. The van der Waals surface area contributed by atoms with Gasteiger partial charge >= 0.3 is 5.97 Å². The van der Waals surface area contributed by atoms with Crippen LogP contribution >= 0.6 is 0 Å². The van der Waals surface area contributed by atoms with Crippen molar-refractivity contribution in [3.05, 3.63) is 59.4 Å². The Hall–Kier alpha value is -2.89. The molecule has 2 aromatic rings. The number of methoxy groups -OCH3 is 1. The zero-order chi connectivity index (χ0) is 17.5. The van der Waals surface area contributed by atoms with Gasteiger partial charge in [0.1, 0.15) is 0 Å². The predicted octanol–water partition coefficient (Wildman–Crippen LogP) is 2.16. The number of benzene rings is 1. The average Bonchev–Trinajstić information content (AvgIpc) is 2.98. The van der Waals surface area contributed by atoms with Gasteiger partial charge in [-0.05, 0) is 18.6 Å². The number of carbonyl (C=O) groups is 2. The summed E-state index contributed by atoms with van der Waals surface area (Å²) in [6.45, 7) is 1.98. The molecule has 0 saturated carbocycles. The van der Waals surface area contributed by atoms with E-state index < -0.39 is 6.04 Å². The minimum absolute atomic E-state index is 0.0754. The van der Waals surface area contributed by atoms with Crippen LogP contribution in [-0.4, -0.2) is 28.8 Å². The Balaban J connectivity index is 2.09. The summed E-state index contributed by atoms with van der Waals surface area (Å²) in [5.41, 5.74) is 2.79. The molecule has 0 saturated heterocycles. The van der Waals surface area contributed by atoms with Gasteiger partial charge in [0.25, 0.3) is 0 Å². The SMILES string of the molecule is COC(=O)CC(NC(=O)/C=C/c1cnn(C)c1)c1ccc(C)cc1. The van der Waals surface area contributed by atoms with Gasteiger partial charge in [0, 0.05) is 24.9 Å². The van der Waals surface area contributed by atoms with E-state index >= 15 is 0 Å². The first-order valence-corrected chi connectivity index (χ1v) is 7.58. The molecule has 1 amide bonds. The van der Waals surface area contributed by atoms with Crippen molar-refractivity contribution < 1.29 is 14.3 Å². The van der Waals surface area contributed by atoms with Gasteiger partial charge in [0.05, 0.1) is 25.8 Å². The number of amides is 1. The number of carbonyl (C=O) groups excluding carboxylic acids is 2. The molecule has 1 aromatic heterocycles. The molecule has 1 atom stereocenters. The molecule has 1 heterocycles. The average molecular weight is 327 g/mol. The first-order chi connectivity index (χ1) is 11.5. The third kappa shape index (κ3) is 5.08. The molecule has 6 heteroatoms. The van der Waals surface area contributed by atoms with Crippen molar-refractivity contribution in [2.75, 3.05) is 7.11 Å². The summed E-state index contributed by atoms with van der Waals surface area (Å²) in [5.74, 6) is -0.662. The molecular weight excluding hydrogens is 306 g/mol. The van der Waals surface area contributed by atoms with Gasteiger partial charge in [-0.1, -0.05) is 29.8 Å². The first kappa shape index (κ1) is 17.5. The number of esters is 1. The minimum Gasteiger partial charge on any atom is -0.469 e. The topological polar surface area (TPSA) is 73.2 Å². The molecule has 0 bridgehead atoms. The van der Waals surface area contributed by atoms with Crippen LogP contribution in [0.1, 0.15) is 29.2 Å². The number of aryl methyl sites for hydroxylation is 2. The van der Waals surface area contributed by atoms with Crippen LogP contribution in [-0.2, 0) is 21.4 Å². The van der Waals surface area contributed by atoms with E-state index in [2.05, 4.69) is 10.4 Å². The standard InChI is InChI=1S/C18H21N3O3/c1-13-4-7-15(8-5-13)16(10-18(23)24-3)20-17(22)9-6-14-11-19-21(2)12-14/h4-9,11-12,16H,10H2,1-3H3,(H,20,22)/b9-6+. The van der Waals surface area contributed by atoms with E-state index in [0.717, 1.165) is 16.7 Å². The third-order valence-corrected chi connectivity index (χ3v) is 3.55. The summed E-state index contributed by atoms with van der Waals surface area (Å²) in [4.78, 5) is 23.8. The van der Waals surface area contributed by atoms with Crippen molar-refractivity contribution in [2.45, 2.75) is 19.4 Å². The summed E-state index contributed by atoms with van der Waals surface area (Å²) in [6.07, 6.45) is 6.64. The van der Waals surface area contributed by atoms with Crippen LogP contribution in [0.4, 0.5) is 0 Å². The van der Waals surface area contributed by atoms with Gasteiger partial charge in [-0.25, -0.2) is 0 Å². The predicted molar refractivity (Wildman–Crippen MR) is 90.9 cm³/mol. The summed E-state index contributed by atoms with van der Waals surface area (Å²) in [7, 11) is 3.14. The largest absolute Gasteiger partial charge is 0.469 e. The molecule has 0 fully saturated rings. The highest BCUT2D eigenvalue weighted by molar-refractivity contribution is 5.92. The summed E-state index contributed by atoms with van der Waals surface area (Å²) in [5, 5.41) is 6.88. The molecule has 0 aliphatic carbocycles. The zero-order valence-corrected chi connectivity index (χ0v) is 14.0. The number of ether oxygens (including phenoxy) is 1. The fraction of sp³-hybridized carbons (Fsp3) is 0.278. The molecule has 0 aliphatic rings. The van der Waals surface area contributed by atoms with E-state index in [1.165, 1.54) is 13.2 Å². The molecule has 24 heavy (non-hydrogen) atoms. The second kappa shape index (κ2) is 8.10. The normalized spacial score (nSPS) is 12.1. The van der Waals surface area contributed by atoms with Crippen LogP contribution in [0, 0.1) is 6.92 Å². The lowest BCUT2D eigenvalue weighted by Crippen LogP contribution is -2.29. The second-order valence-corrected chi connectivity index (χ2v) is 5.53. The molecule has 2 rings (SSSR count). The van der Waals surface area contributed by atoms with Gasteiger partial charge in [0.15, 0.2) is 0 Å². The van der Waals surface area contributed by atoms with Crippen LogP contribution in [0.15, 0.2) is 42.7 Å². The number of nitrogens with one attached hydrogen (secondary N) is 1. The van der Waals surface area contributed by atoms with Crippen molar-refractivity contribution in [1.29, 1.82) is 0 Å². The van der Waals surface area contributed by atoms with Crippen molar-refractivity contribution in [1.82, 2.24) is 15.1 Å². The molecule has 6 nitrogen and oxygen atoms in total. The molecule has 0 spiro atoms. The molecule has 0 aliphatic heterocycles. The van der Waals surface area contributed by atoms with E-state index in [0.29, 0.717) is 0 Å². The highest BCUT2D eigenvalue weighted by atomic mass is 16.5. The van der Waals surface area contributed by atoms with Gasteiger partial charge in [-0.3, -0.25) is 14.3 Å². The first-order valence-electron chi connectivity index (χ1n) is 7.58. The van der Waals surface area contributed by atoms with E-state index in [9.17, 15) is 9.59 Å². The van der Waals surface area contributed by atoms with Crippen molar-refractivity contribution in [2.24, 2.45) is 7.05 Å². The number of nitrogens with zero attached hydrogens (tertiary/aromatic N) is 2. The van der Waals surface area contributed by atoms with Gasteiger partial charge in [0.2, 0.25) is 5.91 Å². The monoisotopic (exact) mass is 327 g/mol. The van der Waals surface area contributed by atoms with Crippen LogP contribution in [0.25, 0.3) is 6.08 Å². The summed E-state index contributed by atoms with van der Waals surface area (Å²) < 4.78 is 6.38. The Morgan fingerprint density at radius 1 is 1.33 bits per heavy atom. The Morgan fingerprint density at radius 3 is 2.62 bits per heavy atom. The highest BCUT2D eigenvalue weighted by Gasteiger charge is 2.18. The lowest BCUT2D eigenvalue weighted by molar-refractivity contribution is -0.141. The van der Waals surface area contributed by atoms with Crippen molar-refractivity contribution >= 4 is 18.0 Å². The van der Waals surface area contributed by atoms with Gasteiger partial charge in [-0.15, -0.1) is 0 Å². The van der Waals surface area contributed by atoms with Crippen LogP contribution < -0.4 is 5.32 Å². The molecule has 1 unspecified atom stereocenters. The van der Waals surface area contributed by atoms with Crippen LogP contribution in [0.2, 0.25) is 0 Å².